The molecule has 0 saturated heterocycles. The van der Waals surface area contributed by atoms with Crippen molar-refractivity contribution in [1.29, 1.82) is 0 Å². The highest BCUT2D eigenvalue weighted by Gasteiger charge is 1.94. The predicted octanol–water partition coefficient (Wildman–Crippen LogP) is 1.59. The highest BCUT2D eigenvalue weighted by atomic mass is 16.5. The quantitative estimate of drug-likeness (QED) is 0.561. The lowest BCUT2D eigenvalue weighted by atomic mass is 10.2. The van der Waals surface area contributed by atoms with E-state index in [0.29, 0.717) is 5.92 Å². The monoisotopic (exact) mass is 216 g/mol. The summed E-state index contributed by atoms with van der Waals surface area (Å²) in [5.74, 6) is 0.651. The Morgan fingerprint density at radius 3 is 2.40 bits per heavy atom. The summed E-state index contributed by atoms with van der Waals surface area (Å²) in [4.78, 5) is 2.22. The molecule has 0 heterocycles. The van der Waals surface area contributed by atoms with Crippen LogP contribution in [0.2, 0.25) is 0 Å². The fourth-order valence-corrected chi connectivity index (χ4v) is 1.26. The van der Waals surface area contributed by atoms with Crippen molar-refractivity contribution in [3.05, 3.63) is 0 Å². The first-order valence-electron chi connectivity index (χ1n) is 6.06. The molecule has 0 aromatic rings. The van der Waals surface area contributed by atoms with Crippen LogP contribution >= 0.6 is 0 Å². The third-order valence-electron chi connectivity index (χ3n) is 2.05. The maximum Gasteiger partial charge on any atom is 0.0489 e. The van der Waals surface area contributed by atoms with Gasteiger partial charge in [-0.3, -0.25) is 0 Å². The summed E-state index contributed by atoms with van der Waals surface area (Å²) in [5.41, 5.74) is 0. The van der Waals surface area contributed by atoms with Crippen LogP contribution in [0.15, 0.2) is 0 Å². The second-order valence-corrected chi connectivity index (χ2v) is 4.73. The summed E-state index contributed by atoms with van der Waals surface area (Å²) in [6.45, 7) is 9.49. The van der Waals surface area contributed by atoms with E-state index in [1.165, 1.54) is 6.42 Å². The van der Waals surface area contributed by atoms with Gasteiger partial charge in [-0.1, -0.05) is 13.8 Å². The largest absolute Gasteiger partial charge is 0.381 e. The summed E-state index contributed by atoms with van der Waals surface area (Å²) in [5, 5.41) is 3.42. The lowest BCUT2D eigenvalue weighted by Gasteiger charge is -2.10. The SMILES string of the molecule is CC(C)COCCCNCCCN(C)C. The zero-order chi connectivity index (χ0) is 11.5. The van der Waals surface area contributed by atoms with Crippen molar-refractivity contribution in [1.82, 2.24) is 10.2 Å². The van der Waals surface area contributed by atoms with Crippen molar-refractivity contribution in [2.45, 2.75) is 26.7 Å². The number of nitrogens with zero attached hydrogens (tertiary/aromatic N) is 1. The van der Waals surface area contributed by atoms with Gasteiger partial charge in [-0.2, -0.15) is 0 Å². The van der Waals surface area contributed by atoms with Crippen LogP contribution < -0.4 is 5.32 Å². The number of rotatable bonds is 10. The van der Waals surface area contributed by atoms with Crippen molar-refractivity contribution in [2.75, 3.05) is 46.9 Å². The normalized spacial score (nSPS) is 11.6. The Bertz CT molecular complexity index is 113. The minimum absolute atomic E-state index is 0.651. The van der Waals surface area contributed by atoms with Gasteiger partial charge in [0.25, 0.3) is 0 Å². The molecule has 0 fully saturated rings. The fourth-order valence-electron chi connectivity index (χ4n) is 1.26. The number of ether oxygens (including phenoxy) is 1. The molecule has 0 aromatic carbocycles. The molecule has 3 heteroatoms. The van der Waals surface area contributed by atoms with Crippen LogP contribution in [0, 0.1) is 5.92 Å². The zero-order valence-corrected chi connectivity index (χ0v) is 10.9. The van der Waals surface area contributed by atoms with Gasteiger partial charge in [0.05, 0.1) is 0 Å². The van der Waals surface area contributed by atoms with Gasteiger partial charge >= 0.3 is 0 Å². The fraction of sp³-hybridized carbons (Fsp3) is 1.00. The first-order valence-corrected chi connectivity index (χ1v) is 6.06. The van der Waals surface area contributed by atoms with Gasteiger partial charge in [-0.15, -0.1) is 0 Å². The average molecular weight is 216 g/mol. The van der Waals surface area contributed by atoms with Crippen LogP contribution in [0.5, 0.6) is 0 Å². The Labute approximate surface area is 95.2 Å². The minimum atomic E-state index is 0.651. The average Bonchev–Trinajstić information content (AvgIpc) is 2.14. The molecular weight excluding hydrogens is 188 g/mol. The number of hydrogen-bond donors (Lipinski definition) is 1. The predicted molar refractivity (Wildman–Crippen MR) is 66.3 cm³/mol. The molecule has 15 heavy (non-hydrogen) atoms. The molecule has 0 unspecified atom stereocenters. The molecule has 0 saturated carbocycles. The summed E-state index contributed by atoms with van der Waals surface area (Å²) >= 11 is 0. The Morgan fingerprint density at radius 1 is 1.13 bits per heavy atom. The first kappa shape index (κ1) is 14.9. The smallest absolute Gasteiger partial charge is 0.0489 e. The van der Waals surface area contributed by atoms with Crippen LogP contribution in [0.1, 0.15) is 26.7 Å². The van der Waals surface area contributed by atoms with E-state index >= 15 is 0 Å². The van der Waals surface area contributed by atoms with Gasteiger partial charge in [0.1, 0.15) is 0 Å². The third kappa shape index (κ3) is 13.9. The Morgan fingerprint density at radius 2 is 1.80 bits per heavy atom. The van der Waals surface area contributed by atoms with E-state index in [1.807, 2.05) is 0 Å². The summed E-state index contributed by atoms with van der Waals surface area (Å²) < 4.78 is 5.49. The maximum atomic E-state index is 5.49. The molecule has 0 amide bonds. The Hall–Kier alpha value is -0.120. The molecule has 0 aliphatic rings. The van der Waals surface area contributed by atoms with E-state index in [0.717, 1.165) is 39.3 Å². The molecule has 0 aliphatic carbocycles. The first-order chi connectivity index (χ1) is 7.13. The van der Waals surface area contributed by atoms with E-state index in [4.69, 9.17) is 4.74 Å². The molecule has 0 atom stereocenters. The van der Waals surface area contributed by atoms with Crippen molar-refractivity contribution in [3.8, 4) is 0 Å². The molecule has 1 N–H and O–H groups in total. The van der Waals surface area contributed by atoms with Gasteiger partial charge in [0.2, 0.25) is 0 Å². The molecule has 92 valence electrons. The Kier molecular flexibility index (Phi) is 10.3. The number of hydrogen-bond acceptors (Lipinski definition) is 3. The minimum Gasteiger partial charge on any atom is -0.381 e. The van der Waals surface area contributed by atoms with Gasteiger partial charge in [-0.05, 0) is 52.5 Å². The van der Waals surface area contributed by atoms with E-state index in [1.54, 1.807) is 0 Å². The second kappa shape index (κ2) is 10.4. The van der Waals surface area contributed by atoms with Crippen LogP contribution in [0.25, 0.3) is 0 Å². The van der Waals surface area contributed by atoms with Gasteiger partial charge < -0.3 is 15.0 Å². The molecule has 0 radical (unpaired) electrons. The van der Waals surface area contributed by atoms with Crippen molar-refractivity contribution in [2.24, 2.45) is 5.92 Å². The van der Waals surface area contributed by atoms with E-state index < -0.39 is 0 Å². The van der Waals surface area contributed by atoms with E-state index in [2.05, 4.69) is 38.2 Å². The maximum absolute atomic E-state index is 5.49. The molecule has 3 nitrogen and oxygen atoms in total. The van der Waals surface area contributed by atoms with Crippen molar-refractivity contribution >= 4 is 0 Å². The summed E-state index contributed by atoms with van der Waals surface area (Å²) in [6, 6.07) is 0. The Balaban J connectivity index is 2.93. The topological polar surface area (TPSA) is 24.5 Å². The van der Waals surface area contributed by atoms with E-state index in [9.17, 15) is 0 Å². The molecule has 0 rings (SSSR count). The standard InChI is InChI=1S/C12H28N2O/c1-12(2)11-15-10-6-8-13-7-5-9-14(3)4/h12-13H,5-11H2,1-4H3. The summed E-state index contributed by atoms with van der Waals surface area (Å²) in [7, 11) is 4.22. The van der Waals surface area contributed by atoms with Crippen molar-refractivity contribution in [3.63, 3.8) is 0 Å². The van der Waals surface area contributed by atoms with E-state index in [-0.39, 0.29) is 0 Å². The van der Waals surface area contributed by atoms with Crippen LogP contribution in [0.3, 0.4) is 0 Å². The number of nitrogens with one attached hydrogen (secondary N) is 1. The molecule has 0 bridgehead atoms. The summed E-state index contributed by atoms with van der Waals surface area (Å²) in [6.07, 6.45) is 2.34. The van der Waals surface area contributed by atoms with Crippen molar-refractivity contribution < 1.29 is 4.74 Å². The van der Waals surface area contributed by atoms with Gasteiger partial charge in [-0.25, -0.2) is 0 Å². The lowest BCUT2D eigenvalue weighted by Crippen LogP contribution is -2.22. The highest BCUT2D eigenvalue weighted by molar-refractivity contribution is 4.51. The lowest BCUT2D eigenvalue weighted by molar-refractivity contribution is 0.108. The highest BCUT2D eigenvalue weighted by Crippen LogP contribution is 1.92. The van der Waals surface area contributed by atoms with Crippen LogP contribution in [-0.4, -0.2) is 51.8 Å². The van der Waals surface area contributed by atoms with Gasteiger partial charge in [0, 0.05) is 13.2 Å². The van der Waals surface area contributed by atoms with Crippen LogP contribution in [0.4, 0.5) is 0 Å². The van der Waals surface area contributed by atoms with Crippen LogP contribution in [-0.2, 0) is 4.74 Å². The molecule has 0 spiro atoms. The zero-order valence-electron chi connectivity index (χ0n) is 10.9. The molecule has 0 aromatic heterocycles. The van der Waals surface area contributed by atoms with Gasteiger partial charge in [0.15, 0.2) is 0 Å². The molecular formula is C12H28N2O. The second-order valence-electron chi connectivity index (χ2n) is 4.73. The molecule has 0 aliphatic heterocycles. The third-order valence-corrected chi connectivity index (χ3v) is 2.05.